The molecule has 0 aliphatic carbocycles. The van der Waals surface area contributed by atoms with Crippen molar-refractivity contribution in [2.75, 3.05) is 12.3 Å². The average molecular weight is 414 g/mol. The van der Waals surface area contributed by atoms with Gasteiger partial charge in [0.25, 0.3) is 0 Å². The van der Waals surface area contributed by atoms with Crippen LogP contribution in [0.15, 0.2) is 17.0 Å². The average Bonchev–Trinajstić information content (AvgIpc) is 2.45. The molecule has 0 atom stereocenters. The van der Waals surface area contributed by atoms with Gasteiger partial charge in [-0.25, -0.2) is 22.3 Å². The third kappa shape index (κ3) is 8.15. The molecule has 0 unspecified atom stereocenters. The molecule has 1 aromatic rings. The third-order valence-corrected chi connectivity index (χ3v) is 4.75. The second kappa shape index (κ2) is 8.80. The lowest BCUT2D eigenvalue weighted by Crippen LogP contribution is -2.40. The van der Waals surface area contributed by atoms with E-state index in [2.05, 4.69) is 21.9 Å². The SMILES string of the molecule is CC(C)(C)NS(=O)(=O)c1cc(N)c(C#CCCNC(=O)OC(C)(C)C)cc1F. The summed E-state index contributed by atoms with van der Waals surface area (Å²) in [6.07, 6.45) is -0.271. The Hall–Kier alpha value is -2.31. The van der Waals surface area contributed by atoms with Gasteiger partial charge in [-0.15, -0.1) is 0 Å². The molecular formula is C19H28FN3O4S. The van der Waals surface area contributed by atoms with Crippen LogP contribution in [-0.2, 0) is 14.8 Å². The van der Waals surface area contributed by atoms with E-state index in [1.165, 1.54) is 0 Å². The fourth-order valence-corrected chi connectivity index (χ4v) is 3.55. The molecule has 7 nitrogen and oxygen atoms in total. The summed E-state index contributed by atoms with van der Waals surface area (Å²) in [5.41, 5.74) is 4.69. The monoisotopic (exact) mass is 413 g/mol. The van der Waals surface area contributed by atoms with Crippen molar-refractivity contribution in [3.05, 3.63) is 23.5 Å². The van der Waals surface area contributed by atoms with Crippen molar-refractivity contribution in [2.45, 2.75) is 64.0 Å². The largest absolute Gasteiger partial charge is 0.444 e. The molecule has 1 aromatic carbocycles. The van der Waals surface area contributed by atoms with E-state index >= 15 is 0 Å². The molecule has 0 saturated carbocycles. The van der Waals surface area contributed by atoms with Gasteiger partial charge in [0.2, 0.25) is 10.0 Å². The number of hydrogen-bond acceptors (Lipinski definition) is 5. The Balaban J connectivity index is 2.82. The van der Waals surface area contributed by atoms with E-state index in [9.17, 15) is 17.6 Å². The number of halogens is 1. The number of ether oxygens (including phenoxy) is 1. The van der Waals surface area contributed by atoms with Crippen LogP contribution in [0.4, 0.5) is 14.9 Å². The number of nitrogens with two attached hydrogens (primary N) is 1. The lowest BCUT2D eigenvalue weighted by atomic mass is 10.1. The Kier molecular flexibility index (Phi) is 7.45. The number of carbonyl (C=O) groups is 1. The minimum absolute atomic E-state index is 0.0447. The number of carbonyl (C=O) groups excluding carboxylic acids is 1. The molecule has 0 spiro atoms. The predicted octanol–water partition coefficient (Wildman–Crippen LogP) is 2.75. The van der Waals surface area contributed by atoms with Gasteiger partial charge in [-0.3, -0.25) is 0 Å². The van der Waals surface area contributed by atoms with Gasteiger partial charge in [-0.1, -0.05) is 11.8 Å². The zero-order valence-electron chi connectivity index (χ0n) is 17.1. The van der Waals surface area contributed by atoms with Gasteiger partial charge < -0.3 is 15.8 Å². The molecule has 4 N–H and O–H groups in total. The van der Waals surface area contributed by atoms with Crippen LogP contribution < -0.4 is 15.8 Å². The first-order valence-corrected chi connectivity index (χ1v) is 10.2. The minimum Gasteiger partial charge on any atom is -0.444 e. The van der Waals surface area contributed by atoms with Crippen molar-refractivity contribution in [3.63, 3.8) is 0 Å². The maximum Gasteiger partial charge on any atom is 0.407 e. The summed E-state index contributed by atoms with van der Waals surface area (Å²) < 4.78 is 46.4. The Morgan fingerprint density at radius 2 is 1.82 bits per heavy atom. The molecular weight excluding hydrogens is 385 g/mol. The Labute approximate surface area is 166 Å². The summed E-state index contributed by atoms with van der Waals surface area (Å²) in [6, 6.07) is 2.03. The fraction of sp³-hybridized carbons (Fsp3) is 0.526. The molecule has 0 fully saturated rings. The Morgan fingerprint density at radius 1 is 1.21 bits per heavy atom. The molecule has 0 heterocycles. The number of alkyl carbamates (subject to hydrolysis) is 1. The molecule has 0 aliphatic rings. The first kappa shape index (κ1) is 23.7. The zero-order valence-corrected chi connectivity index (χ0v) is 17.9. The molecule has 0 aromatic heterocycles. The van der Waals surface area contributed by atoms with Crippen molar-refractivity contribution in [2.24, 2.45) is 0 Å². The molecule has 0 bridgehead atoms. The highest BCUT2D eigenvalue weighted by Gasteiger charge is 2.25. The topological polar surface area (TPSA) is 111 Å². The van der Waals surface area contributed by atoms with Crippen LogP contribution in [0.3, 0.4) is 0 Å². The smallest absolute Gasteiger partial charge is 0.407 e. The van der Waals surface area contributed by atoms with E-state index < -0.39 is 38.0 Å². The number of nitrogen functional groups attached to an aromatic ring is 1. The maximum absolute atomic E-state index is 14.3. The summed E-state index contributed by atoms with van der Waals surface area (Å²) in [6.45, 7) is 10.5. The van der Waals surface area contributed by atoms with Gasteiger partial charge in [-0.2, -0.15) is 0 Å². The van der Waals surface area contributed by atoms with E-state index in [1.807, 2.05) is 0 Å². The second-order valence-corrected chi connectivity index (χ2v) is 9.86. The summed E-state index contributed by atoms with van der Waals surface area (Å²) in [7, 11) is -4.06. The summed E-state index contributed by atoms with van der Waals surface area (Å²) in [5, 5.41) is 2.55. The summed E-state index contributed by atoms with van der Waals surface area (Å²) in [4.78, 5) is 11.0. The normalized spacial score (nSPS) is 12.1. The highest BCUT2D eigenvalue weighted by Crippen LogP contribution is 2.22. The molecule has 28 heavy (non-hydrogen) atoms. The number of amides is 1. The van der Waals surface area contributed by atoms with E-state index in [-0.39, 0.29) is 24.2 Å². The van der Waals surface area contributed by atoms with E-state index in [0.717, 1.165) is 12.1 Å². The fourth-order valence-electron chi connectivity index (χ4n) is 2.04. The van der Waals surface area contributed by atoms with Crippen molar-refractivity contribution in [1.82, 2.24) is 10.0 Å². The summed E-state index contributed by atoms with van der Waals surface area (Å²) in [5.74, 6) is 4.49. The number of sulfonamides is 1. The zero-order chi connectivity index (χ0) is 21.8. The lowest BCUT2D eigenvalue weighted by molar-refractivity contribution is 0.0529. The van der Waals surface area contributed by atoms with E-state index in [0.29, 0.717) is 0 Å². The number of anilines is 1. The number of benzene rings is 1. The van der Waals surface area contributed by atoms with Crippen LogP contribution in [0.1, 0.15) is 53.5 Å². The molecule has 1 amide bonds. The van der Waals surface area contributed by atoms with Gasteiger partial charge in [0.15, 0.2) is 0 Å². The second-order valence-electron chi connectivity index (χ2n) is 8.21. The van der Waals surface area contributed by atoms with Crippen LogP contribution in [-0.4, -0.2) is 32.2 Å². The lowest BCUT2D eigenvalue weighted by Gasteiger charge is -2.20. The Bertz CT molecular complexity index is 889. The summed E-state index contributed by atoms with van der Waals surface area (Å²) >= 11 is 0. The van der Waals surface area contributed by atoms with Crippen LogP contribution in [0.5, 0.6) is 0 Å². The number of nitrogens with one attached hydrogen (secondary N) is 2. The van der Waals surface area contributed by atoms with Gasteiger partial charge in [-0.05, 0) is 53.7 Å². The van der Waals surface area contributed by atoms with Crippen LogP contribution in [0.25, 0.3) is 0 Å². The van der Waals surface area contributed by atoms with Crippen LogP contribution in [0.2, 0.25) is 0 Å². The van der Waals surface area contributed by atoms with Crippen molar-refractivity contribution in [1.29, 1.82) is 0 Å². The minimum atomic E-state index is -4.06. The van der Waals surface area contributed by atoms with E-state index in [4.69, 9.17) is 10.5 Å². The first-order chi connectivity index (χ1) is 12.6. The number of rotatable bonds is 4. The molecule has 9 heteroatoms. The van der Waals surface area contributed by atoms with Gasteiger partial charge >= 0.3 is 6.09 Å². The number of hydrogen-bond donors (Lipinski definition) is 3. The highest BCUT2D eigenvalue weighted by atomic mass is 32.2. The molecule has 1 rings (SSSR count). The quantitative estimate of drug-likeness (QED) is 0.399. The molecule has 156 valence electrons. The van der Waals surface area contributed by atoms with Crippen molar-refractivity contribution < 1.29 is 22.3 Å². The van der Waals surface area contributed by atoms with Crippen LogP contribution in [0, 0.1) is 17.7 Å². The maximum atomic E-state index is 14.3. The molecule has 0 radical (unpaired) electrons. The first-order valence-electron chi connectivity index (χ1n) is 8.69. The third-order valence-electron chi connectivity index (χ3n) is 2.98. The highest BCUT2D eigenvalue weighted by molar-refractivity contribution is 7.89. The van der Waals surface area contributed by atoms with Gasteiger partial charge in [0.1, 0.15) is 16.3 Å². The molecule has 0 saturated heterocycles. The van der Waals surface area contributed by atoms with Crippen molar-refractivity contribution in [3.8, 4) is 11.8 Å². The predicted molar refractivity (Wildman–Crippen MR) is 107 cm³/mol. The van der Waals surface area contributed by atoms with Crippen LogP contribution >= 0.6 is 0 Å². The van der Waals surface area contributed by atoms with E-state index in [1.54, 1.807) is 41.5 Å². The Morgan fingerprint density at radius 3 is 2.36 bits per heavy atom. The van der Waals surface area contributed by atoms with Crippen molar-refractivity contribution >= 4 is 21.8 Å². The standard InChI is InChI=1S/C19H28FN3O4S/c1-18(2,3)23-28(25,26)16-12-15(21)13(11-14(16)20)9-7-8-10-22-17(24)27-19(4,5)6/h11-12,23H,8,10,21H2,1-6H3,(H,22,24). The molecule has 0 aliphatic heterocycles. The van der Waals surface area contributed by atoms with Gasteiger partial charge in [0.05, 0.1) is 5.56 Å². The van der Waals surface area contributed by atoms with Gasteiger partial charge in [0, 0.05) is 24.2 Å².